The Morgan fingerprint density at radius 1 is 1.25 bits per heavy atom. The molecule has 2 rings (SSSR count). The molecule has 0 spiro atoms. The minimum absolute atomic E-state index is 0.0308. The van der Waals surface area contributed by atoms with E-state index >= 15 is 0 Å². The fourth-order valence-electron chi connectivity index (χ4n) is 2.11. The molecule has 108 valence electrons. The molecule has 7 heteroatoms. The first-order valence-corrected chi connectivity index (χ1v) is 6.32. The predicted molar refractivity (Wildman–Crippen MR) is 74.8 cm³/mol. The molecule has 0 bridgehead atoms. The molecular weight excluding hydrogens is 258 g/mol. The monoisotopic (exact) mass is 277 g/mol. The molecule has 1 unspecified atom stereocenters. The first-order chi connectivity index (χ1) is 9.65. The molecule has 0 fully saturated rings. The summed E-state index contributed by atoms with van der Waals surface area (Å²) < 4.78 is 12.1. The largest absolute Gasteiger partial charge is 0.377 e. The minimum Gasteiger partial charge on any atom is -0.377 e. The van der Waals surface area contributed by atoms with Crippen LogP contribution in [0.2, 0.25) is 0 Å². The molecule has 0 aliphatic carbocycles. The second kappa shape index (κ2) is 6.44. The Hall–Kier alpha value is -1.99. The van der Waals surface area contributed by atoms with Gasteiger partial charge in [0.2, 0.25) is 0 Å². The van der Waals surface area contributed by atoms with Gasteiger partial charge in [-0.05, 0) is 48.0 Å². The number of benzene rings is 1. The van der Waals surface area contributed by atoms with Crippen LogP contribution in [0.25, 0.3) is 5.69 Å². The molecule has 1 atom stereocenters. The molecule has 1 N–H and O–H groups in total. The number of nitrogens with one attached hydrogen (secondary N) is 1. The van der Waals surface area contributed by atoms with Crippen molar-refractivity contribution in [2.24, 2.45) is 0 Å². The van der Waals surface area contributed by atoms with Crippen LogP contribution in [0.1, 0.15) is 12.5 Å². The highest BCUT2D eigenvalue weighted by Gasteiger charge is 2.15. The van der Waals surface area contributed by atoms with Crippen molar-refractivity contribution in [3.05, 3.63) is 30.1 Å². The van der Waals surface area contributed by atoms with Gasteiger partial charge in [0.15, 0.2) is 6.29 Å². The van der Waals surface area contributed by atoms with E-state index in [2.05, 4.69) is 20.8 Å². The molecule has 0 radical (unpaired) electrons. The van der Waals surface area contributed by atoms with E-state index in [9.17, 15) is 0 Å². The zero-order chi connectivity index (χ0) is 14.5. The van der Waals surface area contributed by atoms with Gasteiger partial charge in [0.05, 0.1) is 11.7 Å². The van der Waals surface area contributed by atoms with Gasteiger partial charge in [0.1, 0.15) is 6.33 Å². The summed E-state index contributed by atoms with van der Waals surface area (Å²) in [4.78, 5) is 0. The first kappa shape index (κ1) is 14.4. The number of anilines is 1. The van der Waals surface area contributed by atoms with Crippen LogP contribution in [0.15, 0.2) is 24.5 Å². The lowest BCUT2D eigenvalue weighted by Crippen LogP contribution is -2.33. The van der Waals surface area contributed by atoms with Gasteiger partial charge in [-0.1, -0.05) is 0 Å². The van der Waals surface area contributed by atoms with Crippen molar-refractivity contribution in [2.75, 3.05) is 19.5 Å². The van der Waals surface area contributed by atoms with E-state index in [-0.39, 0.29) is 12.3 Å². The second-order valence-electron chi connectivity index (χ2n) is 4.53. The molecule has 20 heavy (non-hydrogen) atoms. The zero-order valence-electron chi connectivity index (χ0n) is 12.1. The summed E-state index contributed by atoms with van der Waals surface area (Å²) in [6.45, 7) is 4.01. The Bertz CT molecular complexity index is 540. The maximum atomic E-state index is 5.23. The van der Waals surface area contributed by atoms with Crippen LogP contribution < -0.4 is 5.32 Å². The number of methoxy groups -OCH3 is 2. The van der Waals surface area contributed by atoms with Gasteiger partial charge in [-0.25, -0.2) is 4.68 Å². The molecule has 1 aromatic heterocycles. The highest BCUT2D eigenvalue weighted by molar-refractivity contribution is 5.53. The lowest BCUT2D eigenvalue weighted by Gasteiger charge is -2.23. The van der Waals surface area contributed by atoms with E-state index in [1.165, 1.54) is 0 Å². The lowest BCUT2D eigenvalue weighted by molar-refractivity contribution is -0.109. The molecule has 7 nitrogen and oxygen atoms in total. The van der Waals surface area contributed by atoms with Crippen LogP contribution in [-0.4, -0.2) is 46.8 Å². The third-order valence-corrected chi connectivity index (χ3v) is 3.06. The van der Waals surface area contributed by atoms with Gasteiger partial charge in [0.25, 0.3) is 0 Å². The second-order valence-corrected chi connectivity index (χ2v) is 4.53. The SMILES string of the molecule is COC(OC)C(C)Nc1ccc(-n2cnnn2)c(C)c1. The van der Waals surface area contributed by atoms with E-state index in [1.807, 2.05) is 32.0 Å². The van der Waals surface area contributed by atoms with Crippen LogP contribution >= 0.6 is 0 Å². The normalized spacial score (nSPS) is 12.7. The highest BCUT2D eigenvalue weighted by Crippen LogP contribution is 2.19. The molecule has 1 heterocycles. The summed E-state index contributed by atoms with van der Waals surface area (Å²) in [6, 6.07) is 6.01. The Morgan fingerprint density at radius 2 is 2.00 bits per heavy atom. The summed E-state index contributed by atoms with van der Waals surface area (Å²) in [7, 11) is 3.25. The number of rotatable bonds is 6. The predicted octanol–water partition coefficient (Wildman–Crippen LogP) is 1.39. The summed E-state index contributed by atoms with van der Waals surface area (Å²) in [6.07, 6.45) is 1.28. The van der Waals surface area contributed by atoms with Gasteiger partial charge in [0, 0.05) is 19.9 Å². The fraction of sp³-hybridized carbons (Fsp3) is 0.462. The topological polar surface area (TPSA) is 74.1 Å². The van der Waals surface area contributed by atoms with Crippen LogP contribution in [0.5, 0.6) is 0 Å². The number of aryl methyl sites for hydroxylation is 1. The van der Waals surface area contributed by atoms with Crippen LogP contribution in [0, 0.1) is 6.92 Å². The number of ether oxygens (including phenoxy) is 2. The summed E-state index contributed by atoms with van der Waals surface area (Å²) in [5, 5.41) is 14.5. The minimum atomic E-state index is -0.297. The van der Waals surface area contributed by atoms with Crippen molar-refractivity contribution in [3.8, 4) is 5.69 Å². The van der Waals surface area contributed by atoms with Crippen LogP contribution in [0.4, 0.5) is 5.69 Å². The summed E-state index contributed by atoms with van der Waals surface area (Å²) in [5.74, 6) is 0. The van der Waals surface area contributed by atoms with E-state index < -0.39 is 0 Å². The van der Waals surface area contributed by atoms with Gasteiger partial charge in [-0.3, -0.25) is 0 Å². The van der Waals surface area contributed by atoms with Crippen molar-refractivity contribution >= 4 is 5.69 Å². The summed E-state index contributed by atoms with van der Waals surface area (Å²) in [5.41, 5.74) is 3.01. The van der Waals surface area contributed by atoms with Gasteiger partial charge in [-0.2, -0.15) is 0 Å². The number of hydrogen-bond donors (Lipinski definition) is 1. The van der Waals surface area contributed by atoms with Crippen molar-refractivity contribution in [3.63, 3.8) is 0 Å². The van der Waals surface area contributed by atoms with E-state index in [4.69, 9.17) is 9.47 Å². The smallest absolute Gasteiger partial charge is 0.176 e. The summed E-state index contributed by atoms with van der Waals surface area (Å²) >= 11 is 0. The van der Waals surface area contributed by atoms with Crippen LogP contribution in [0.3, 0.4) is 0 Å². The number of tetrazole rings is 1. The lowest BCUT2D eigenvalue weighted by atomic mass is 10.1. The Labute approximate surface area is 117 Å². The van der Waals surface area contributed by atoms with E-state index in [1.54, 1.807) is 25.2 Å². The highest BCUT2D eigenvalue weighted by atomic mass is 16.7. The molecule has 0 saturated carbocycles. The molecule has 0 aliphatic heterocycles. The third-order valence-electron chi connectivity index (χ3n) is 3.06. The maximum absolute atomic E-state index is 5.23. The van der Waals surface area contributed by atoms with Crippen molar-refractivity contribution < 1.29 is 9.47 Å². The fourth-order valence-corrected chi connectivity index (χ4v) is 2.11. The van der Waals surface area contributed by atoms with Crippen molar-refractivity contribution in [1.29, 1.82) is 0 Å². The standard InChI is InChI=1S/C13H19N5O2/c1-9-7-11(15-10(2)13(19-3)20-4)5-6-12(9)18-8-14-16-17-18/h5-8,10,13,15H,1-4H3. The van der Waals surface area contributed by atoms with E-state index in [0.717, 1.165) is 16.9 Å². The maximum Gasteiger partial charge on any atom is 0.176 e. The Balaban J connectivity index is 2.13. The Kier molecular flexibility index (Phi) is 4.65. The molecule has 0 aliphatic rings. The molecule has 0 amide bonds. The van der Waals surface area contributed by atoms with Gasteiger partial charge < -0.3 is 14.8 Å². The number of nitrogens with zero attached hydrogens (tertiary/aromatic N) is 4. The Morgan fingerprint density at radius 3 is 2.55 bits per heavy atom. The number of hydrogen-bond acceptors (Lipinski definition) is 6. The first-order valence-electron chi connectivity index (χ1n) is 6.32. The molecule has 0 saturated heterocycles. The van der Waals surface area contributed by atoms with Crippen molar-refractivity contribution in [2.45, 2.75) is 26.2 Å². The van der Waals surface area contributed by atoms with Gasteiger partial charge >= 0.3 is 0 Å². The molecule has 1 aromatic carbocycles. The number of aromatic nitrogens is 4. The molecular formula is C13H19N5O2. The zero-order valence-corrected chi connectivity index (χ0v) is 12.1. The van der Waals surface area contributed by atoms with E-state index in [0.29, 0.717) is 0 Å². The quantitative estimate of drug-likeness (QED) is 0.804. The molecule has 2 aromatic rings. The van der Waals surface area contributed by atoms with Crippen LogP contribution in [-0.2, 0) is 9.47 Å². The average Bonchev–Trinajstić information content (AvgIpc) is 2.94. The third kappa shape index (κ3) is 3.12. The average molecular weight is 277 g/mol. The van der Waals surface area contributed by atoms with Gasteiger partial charge in [-0.15, -0.1) is 5.10 Å². The van der Waals surface area contributed by atoms with Crippen molar-refractivity contribution in [1.82, 2.24) is 20.2 Å².